The van der Waals surface area contributed by atoms with Gasteiger partial charge in [-0.25, -0.2) is 0 Å². The van der Waals surface area contributed by atoms with Gasteiger partial charge in [-0.05, 0) is 68.8 Å². The number of esters is 1. The Morgan fingerprint density at radius 2 is 1.71 bits per heavy atom. The summed E-state index contributed by atoms with van der Waals surface area (Å²) >= 11 is 1.05. The van der Waals surface area contributed by atoms with Crippen molar-refractivity contribution in [3.8, 4) is 17.2 Å². The standard InChI is InChI=1S/C22H26NO4.Al.2H/c1-25-22(24)10-6-16-23-15-5-7-18(23)17-26-19-11-13-21(14-12-19)27-20-8-3-2-4-9-20;;;/h3-4,8-9,11-14,18H,5-7,10,15-17H2,1H3;;;. The summed E-state index contributed by atoms with van der Waals surface area (Å²) in [5.41, 5.74) is 0. The fraction of sp³-hybridized carbons (Fsp3) is 0.409. The molecule has 1 saturated heterocycles. The summed E-state index contributed by atoms with van der Waals surface area (Å²) in [6.07, 6.45) is 3.62. The van der Waals surface area contributed by atoms with Crippen molar-refractivity contribution in [1.82, 2.24) is 4.90 Å². The van der Waals surface area contributed by atoms with Gasteiger partial charge < -0.3 is 14.2 Å². The van der Waals surface area contributed by atoms with Gasteiger partial charge in [0, 0.05) is 12.5 Å². The van der Waals surface area contributed by atoms with Gasteiger partial charge in [-0.2, -0.15) is 0 Å². The molecular formula is C22H28AlNO4. The van der Waals surface area contributed by atoms with Crippen LogP contribution in [0.15, 0.2) is 48.5 Å². The van der Waals surface area contributed by atoms with Crippen LogP contribution < -0.4 is 13.9 Å². The molecule has 6 heteroatoms. The van der Waals surface area contributed by atoms with E-state index in [1.54, 1.807) is 0 Å². The van der Waals surface area contributed by atoms with Crippen LogP contribution in [0, 0.1) is 0 Å². The molecule has 0 N–H and O–H groups in total. The fourth-order valence-electron chi connectivity index (χ4n) is 3.45. The minimum Gasteiger partial charge on any atom is -0.492 e. The van der Waals surface area contributed by atoms with E-state index in [9.17, 15) is 4.79 Å². The average Bonchev–Trinajstić information content (AvgIpc) is 3.16. The molecule has 0 aromatic heterocycles. The van der Waals surface area contributed by atoms with Crippen LogP contribution in [0.4, 0.5) is 0 Å². The number of rotatable bonds is 9. The molecule has 148 valence electrons. The summed E-state index contributed by atoms with van der Waals surface area (Å²) in [6, 6.07) is 16.4. The molecular weight excluding hydrogens is 369 g/mol. The van der Waals surface area contributed by atoms with Crippen LogP contribution in [0.25, 0.3) is 0 Å². The number of benzene rings is 2. The molecule has 5 nitrogen and oxygen atoms in total. The normalized spacial score (nSPS) is 16.7. The summed E-state index contributed by atoms with van der Waals surface area (Å²) in [5, 5.41) is 0. The van der Waals surface area contributed by atoms with Gasteiger partial charge in [-0.15, -0.1) is 4.43 Å². The van der Waals surface area contributed by atoms with Crippen LogP contribution in [0.2, 0.25) is 0 Å². The van der Waals surface area contributed by atoms with Gasteiger partial charge in [0.2, 0.25) is 0 Å². The average molecular weight is 397 g/mol. The van der Waals surface area contributed by atoms with Gasteiger partial charge in [-0.1, -0.05) is 12.1 Å². The molecule has 1 unspecified atom stereocenters. The molecule has 1 aliphatic rings. The molecule has 0 aliphatic carbocycles. The summed E-state index contributed by atoms with van der Waals surface area (Å²) in [5.74, 6) is 2.37. The lowest BCUT2D eigenvalue weighted by Crippen LogP contribution is -2.35. The lowest BCUT2D eigenvalue weighted by atomic mass is 10.2. The van der Waals surface area contributed by atoms with Crippen molar-refractivity contribution in [1.29, 1.82) is 0 Å². The Labute approximate surface area is 175 Å². The first-order valence-electron chi connectivity index (χ1n) is 9.92. The van der Waals surface area contributed by atoms with Crippen molar-refractivity contribution < 1.29 is 19.0 Å². The number of likely N-dealkylation sites (tertiary alicyclic amines) is 1. The van der Waals surface area contributed by atoms with Crippen LogP contribution in [0.1, 0.15) is 25.7 Å². The quantitative estimate of drug-likeness (QED) is 0.481. The predicted octanol–water partition coefficient (Wildman–Crippen LogP) is 2.53. The Balaban J connectivity index is 1.44. The third kappa shape index (κ3) is 6.27. The van der Waals surface area contributed by atoms with E-state index in [2.05, 4.69) is 17.0 Å². The monoisotopic (exact) mass is 397 g/mol. The largest absolute Gasteiger partial charge is 0.492 e. The van der Waals surface area contributed by atoms with Crippen molar-refractivity contribution in [3.63, 3.8) is 0 Å². The van der Waals surface area contributed by atoms with Gasteiger partial charge in [0.15, 0.2) is 0 Å². The molecule has 1 fully saturated rings. The second kappa shape index (κ2) is 10.5. The first kappa shape index (κ1) is 20.7. The van der Waals surface area contributed by atoms with Crippen LogP contribution >= 0.6 is 0 Å². The number of methoxy groups -OCH3 is 1. The van der Waals surface area contributed by atoms with Crippen LogP contribution in [0.5, 0.6) is 17.2 Å². The molecule has 1 heterocycles. The maximum absolute atomic E-state index is 11.3. The zero-order valence-corrected chi connectivity index (χ0v) is 18.7. The zero-order chi connectivity index (χ0) is 19.8. The third-order valence-electron chi connectivity index (χ3n) is 5.08. The molecule has 28 heavy (non-hydrogen) atoms. The van der Waals surface area contributed by atoms with Crippen LogP contribution in [-0.2, 0) is 9.53 Å². The van der Waals surface area contributed by atoms with E-state index in [0.717, 1.165) is 59.5 Å². The Morgan fingerprint density at radius 1 is 1.07 bits per heavy atom. The summed E-state index contributed by atoms with van der Waals surface area (Å²) in [4.78, 5) is 13.7. The SMILES string of the molecule is COC(=O)CCCN1CCCC1COc1ccc(Oc2cc[c]([AlH2])cc2)cc1. The van der Waals surface area contributed by atoms with Crippen LogP contribution in [-0.4, -0.2) is 60.0 Å². The maximum atomic E-state index is 11.3. The molecule has 2 aromatic rings. The molecule has 0 amide bonds. The summed E-state index contributed by atoms with van der Waals surface area (Å²) in [7, 11) is 1.44. The zero-order valence-electron chi connectivity index (χ0n) is 16.7. The van der Waals surface area contributed by atoms with E-state index in [1.165, 1.54) is 18.0 Å². The molecule has 0 saturated carbocycles. The third-order valence-corrected chi connectivity index (χ3v) is 5.74. The predicted molar refractivity (Wildman–Crippen MR) is 112 cm³/mol. The van der Waals surface area contributed by atoms with Crippen molar-refractivity contribution in [2.45, 2.75) is 31.7 Å². The number of carbonyl (C=O) groups excluding carboxylic acids is 1. The molecule has 3 rings (SSSR count). The number of nitrogens with zero attached hydrogens (tertiary/aromatic N) is 1. The van der Waals surface area contributed by atoms with Gasteiger partial charge in [0.1, 0.15) is 23.9 Å². The highest BCUT2D eigenvalue weighted by atomic mass is 27.0. The van der Waals surface area contributed by atoms with Crippen LogP contribution in [0.3, 0.4) is 0 Å². The van der Waals surface area contributed by atoms with Gasteiger partial charge >= 0.3 is 5.97 Å². The fourth-order valence-corrected chi connectivity index (χ4v) is 3.78. The summed E-state index contributed by atoms with van der Waals surface area (Å²) in [6.45, 7) is 2.65. The van der Waals surface area contributed by atoms with Crippen molar-refractivity contribution in [2.75, 3.05) is 26.8 Å². The van der Waals surface area contributed by atoms with Crippen molar-refractivity contribution in [2.24, 2.45) is 0 Å². The van der Waals surface area contributed by atoms with Gasteiger partial charge in [-0.3, -0.25) is 9.69 Å². The first-order valence-corrected chi connectivity index (χ1v) is 10.9. The highest BCUT2D eigenvalue weighted by molar-refractivity contribution is 6.32. The van der Waals surface area contributed by atoms with Gasteiger partial charge in [0.25, 0.3) is 16.3 Å². The lowest BCUT2D eigenvalue weighted by Gasteiger charge is -2.24. The number of hydrogen-bond donors (Lipinski definition) is 0. The molecule has 2 aromatic carbocycles. The topological polar surface area (TPSA) is 48.0 Å². The Kier molecular flexibility index (Phi) is 7.79. The van der Waals surface area contributed by atoms with E-state index in [0.29, 0.717) is 19.1 Å². The maximum Gasteiger partial charge on any atom is 0.305 e. The number of ether oxygens (including phenoxy) is 3. The molecule has 0 radical (unpaired) electrons. The van der Waals surface area contributed by atoms with E-state index < -0.39 is 0 Å². The number of hydrogen-bond acceptors (Lipinski definition) is 5. The highest BCUT2D eigenvalue weighted by Gasteiger charge is 2.24. The molecule has 1 atom stereocenters. The van der Waals surface area contributed by atoms with E-state index in [-0.39, 0.29) is 5.97 Å². The Morgan fingerprint density at radius 3 is 2.39 bits per heavy atom. The van der Waals surface area contributed by atoms with Crippen molar-refractivity contribution >= 4 is 26.7 Å². The first-order chi connectivity index (χ1) is 13.6. The number of carbonyl (C=O) groups is 1. The van der Waals surface area contributed by atoms with E-state index >= 15 is 0 Å². The van der Waals surface area contributed by atoms with E-state index in [4.69, 9.17) is 14.2 Å². The molecule has 0 spiro atoms. The van der Waals surface area contributed by atoms with Crippen molar-refractivity contribution in [3.05, 3.63) is 48.5 Å². The van der Waals surface area contributed by atoms with Gasteiger partial charge in [0.05, 0.1) is 7.11 Å². The minimum absolute atomic E-state index is 0.137. The second-order valence-corrected chi connectivity index (χ2v) is 8.36. The van der Waals surface area contributed by atoms with E-state index in [1.807, 2.05) is 36.4 Å². The second-order valence-electron chi connectivity index (χ2n) is 7.21. The minimum atomic E-state index is -0.137. The highest BCUT2D eigenvalue weighted by Crippen LogP contribution is 2.24. The lowest BCUT2D eigenvalue weighted by molar-refractivity contribution is -0.140. The molecule has 1 aliphatic heterocycles. The Bertz CT molecular complexity index is 748. The molecule has 0 bridgehead atoms. The smallest absolute Gasteiger partial charge is 0.305 e. The Hall–Kier alpha value is -2.00. The summed E-state index contributed by atoms with van der Waals surface area (Å²) < 4.78 is 17.9.